The van der Waals surface area contributed by atoms with E-state index in [1.807, 2.05) is 0 Å². The average molecular weight is 254 g/mol. The zero-order valence-corrected chi connectivity index (χ0v) is 11.1. The number of carbonyl (C=O) groups is 1. The van der Waals surface area contributed by atoms with Gasteiger partial charge in [0.05, 0.1) is 7.11 Å². The molecule has 2 rings (SSSR count). The molecule has 1 aromatic rings. The van der Waals surface area contributed by atoms with Gasteiger partial charge in [0.15, 0.2) is 10.8 Å². The smallest absolute Gasteiger partial charge is 0.357 e. The fraction of sp³-hybridized carbons (Fsp3) is 0.667. The lowest BCUT2D eigenvalue weighted by Gasteiger charge is -2.34. The Morgan fingerprint density at radius 2 is 2.18 bits per heavy atom. The van der Waals surface area contributed by atoms with Gasteiger partial charge in [-0.15, -0.1) is 11.3 Å². The highest BCUT2D eigenvalue weighted by molar-refractivity contribution is 7.13. The van der Waals surface area contributed by atoms with Gasteiger partial charge in [-0.3, -0.25) is 0 Å². The number of methoxy groups -OCH3 is 1. The number of rotatable bonds is 3. The number of hydrogen-bond donors (Lipinski definition) is 1. The summed E-state index contributed by atoms with van der Waals surface area (Å²) < 4.78 is 4.64. The molecule has 0 atom stereocenters. The molecule has 0 unspecified atom stereocenters. The van der Waals surface area contributed by atoms with E-state index in [0.717, 1.165) is 5.13 Å². The van der Waals surface area contributed by atoms with Gasteiger partial charge in [-0.05, 0) is 19.8 Å². The van der Waals surface area contributed by atoms with Crippen LogP contribution in [0.15, 0.2) is 5.38 Å². The summed E-state index contributed by atoms with van der Waals surface area (Å²) in [6, 6.07) is 0. The standard InChI is InChI=1S/C12H18N2O2S/c1-12(6-4-3-5-7-12)14-11-13-9(8-17-11)10(15)16-2/h8H,3-7H2,1-2H3,(H,13,14). The third-order valence-electron chi connectivity index (χ3n) is 3.26. The monoisotopic (exact) mass is 254 g/mol. The van der Waals surface area contributed by atoms with E-state index in [4.69, 9.17) is 0 Å². The van der Waals surface area contributed by atoms with Crippen LogP contribution in [-0.2, 0) is 4.74 Å². The topological polar surface area (TPSA) is 51.2 Å². The number of nitrogens with zero attached hydrogens (tertiary/aromatic N) is 1. The summed E-state index contributed by atoms with van der Waals surface area (Å²) in [6.45, 7) is 2.23. The van der Waals surface area contributed by atoms with Crippen LogP contribution in [0.3, 0.4) is 0 Å². The van der Waals surface area contributed by atoms with Crippen molar-refractivity contribution in [2.75, 3.05) is 12.4 Å². The fourth-order valence-electron chi connectivity index (χ4n) is 2.24. The van der Waals surface area contributed by atoms with Crippen LogP contribution in [0.1, 0.15) is 49.5 Å². The average Bonchev–Trinajstić information content (AvgIpc) is 2.76. The molecule has 0 saturated heterocycles. The summed E-state index contributed by atoms with van der Waals surface area (Å²) >= 11 is 1.46. The maximum atomic E-state index is 11.3. The first-order valence-electron chi connectivity index (χ1n) is 5.95. The summed E-state index contributed by atoms with van der Waals surface area (Å²) in [7, 11) is 1.37. The number of nitrogens with one attached hydrogen (secondary N) is 1. The van der Waals surface area contributed by atoms with Gasteiger partial charge in [0.25, 0.3) is 0 Å². The molecule has 1 saturated carbocycles. The molecular formula is C12H18N2O2S. The predicted molar refractivity (Wildman–Crippen MR) is 68.6 cm³/mol. The summed E-state index contributed by atoms with van der Waals surface area (Å²) in [6.07, 6.45) is 6.18. The summed E-state index contributed by atoms with van der Waals surface area (Å²) in [4.78, 5) is 15.5. The van der Waals surface area contributed by atoms with Crippen LogP contribution in [0.5, 0.6) is 0 Å². The van der Waals surface area contributed by atoms with Gasteiger partial charge < -0.3 is 10.1 Å². The van der Waals surface area contributed by atoms with Gasteiger partial charge in [-0.1, -0.05) is 19.3 Å². The van der Waals surface area contributed by atoms with Crippen molar-refractivity contribution in [1.29, 1.82) is 0 Å². The number of aromatic nitrogens is 1. The minimum absolute atomic E-state index is 0.128. The highest BCUT2D eigenvalue weighted by Crippen LogP contribution is 2.32. The molecule has 17 heavy (non-hydrogen) atoms. The molecule has 1 aromatic heterocycles. The molecule has 1 N–H and O–H groups in total. The van der Waals surface area contributed by atoms with Crippen LogP contribution in [0, 0.1) is 0 Å². The second-order valence-electron chi connectivity index (χ2n) is 4.78. The van der Waals surface area contributed by atoms with E-state index in [1.54, 1.807) is 5.38 Å². The molecule has 1 fully saturated rings. The zero-order valence-electron chi connectivity index (χ0n) is 10.3. The molecule has 4 nitrogen and oxygen atoms in total. The van der Waals surface area contributed by atoms with Crippen LogP contribution < -0.4 is 5.32 Å². The van der Waals surface area contributed by atoms with Gasteiger partial charge in [-0.2, -0.15) is 0 Å². The van der Waals surface area contributed by atoms with Crippen LogP contribution in [-0.4, -0.2) is 23.6 Å². The Bertz CT molecular complexity index is 397. The zero-order chi connectivity index (χ0) is 12.3. The molecule has 0 spiro atoms. The van der Waals surface area contributed by atoms with Crippen LogP contribution in [0.25, 0.3) is 0 Å². The third kappa shape index (κ3) is 2.97. The van der Waals surface area contributed by atoms with Crippen molar-refractivity contribution in [3.8, 4) is 0 Å². The molecule has 1 aliphatic carbocycles. The van der Waals surface area contributed by atoms with Crippen molar-refractivity contribution in [1.82, 2.24) is 4.98 Å². The maximum absolute atomic E-state index is 11.3. The first-order chi connectivity index (χ1) is 8.13. The van der Waals surface area contributed by atoms with Crippen molar-refractivity contribution in [3.63, 3.8) is 0 Å². The molecule has 1 aliphatic rings. The molecule has 0 aliphatic heterocycles. The Kier molecular flexibility index (Phi) is 3.66. The molecule has 0 radical (unpaired) electrons. The van der Waals surface area contributed by atoms with Crippen LogP contribution in [0.2, 0.25) is 0 Å². The first-order valence-corrected chi connectivity index (χ1v) is 6.83. The van der Waals surface area contributed by atoms with Gasteiger partial charge >= 0.3 is 5.97 Å². The van der Waals surface area contributed by atoms with Crippen molar-refractivity contribution in [2.24, 2.45) is 0 Å². The Morgan fingerprint density at radius 3 is 2.82 bits per heavy atom. The Labute approximate surface area is 105 Å². The van der Waals surface area contributed by atoms with E-state index in [1.165, 1.54) is 50.6 Å². The number of ether oxygens (including phenoxy) is 1. The molecule has 0 bridgehead atoms. The number of anilines is 1. The van der Waals surface area contributed by atoms with Crippen molar-refractivity contribution in [3.05, 3.63) is 11.1 Å². The normalized spacial score (nSPS) is 18.7. The molecule has 5 heteroatoms. The fourth-order valence-corrected chi connectivity index (χ4v) is 3.07. The minimum atomic E-state index is -0.372. The number of esters is 1. The van der Waals surface area contributed by atoms with E-state index in [-0.39, 0.29) is 11.5 Å². The van der Waals surface area contributed by atoms with Crippen LogP contribution in [0.4, 0.5) is 5.13 Å². The lowest BCUT2D eigenvalue weighted by molar-refractivity contribution is 0.0595. The van der Waals surface area contributed by atoms with Gasteiger partial charge in [0.2, 0.25) is 0 Å². The highest BCUT2D eigenvalue weighted by atomic mass is 32.1. The van der Waals surface area contributed by atoms with E-state index in [2.05, 4.69) is 22.0 Å². The molecule has 0 aromatic carbocycles. The predicted octanol–water partition coefficient (Wildman–Crippen LogP) is 3.06. The number of carbonyl (C=O) groups excluding carboxylic acids is 1. The lowest BCUT2D eigenvalue weighted by Crippen LogP contribution is -2.36. The van der Waals surface area contributed by atoms with E-state index < -0.39 is 0 Å². The lowest BCUT2D eigenvalue weighted by atomic mass is 9.83. The third-order valence-corrected chi connectivity index (χ3v) is 4.02. The summed E-state index contributed by atoms with van der Waals surface area (Å²) in [5.41, 5.74) is 0.517. The van der Waals surface area contributed by atoms with E-state index in [9.17, 15) is 4.79 Å². The van der Waals surface area contributed by atoms with Crippen LogP contribution >= 0.6 is 11.3 Å². The minimum Gasteiger partial charge on any atom is -0.464 e. The van der Waals surface area contributed by atoms with Gasteiger partial charge in [0, 0.05) is 10.9 Å². The van der Waals surface area contributed by atoms with Gasteiger partial charge in [0.1, 0.15) is 0 Å². The summed E-state index contributed by atoms with van der Waals surface area (Å²) in [5.74, 6) is -0.372. The molecule has 1 heterocycles. The molecular weight excluding hydrogens is 236 g/mol. The van der Waals surface area contributed by atoms with Crippen molar-refractivity contribution < 1.29 is 9.53 Å². The quantitative estimate of drug-likeness (QED) is 0.842. The SMILES string of the molecule is COC(=O)c1csc(NC2(C)CCCCC2)n1. The second-order valence-corrected chi connectivity index (χ2v) is 5.63. The Balaban J connectivity index is 2.03. The number of thiazole rings is 1. The Hall–Kier alpha value is -1.10. The van der Waals surface area contributed by atoms with Crippen molar-refractivity contribution >= 4 is 22.4 Å². The second kappa shape index (κ2) is 5.04. The van der Waals surface area contributed by atoms with Crippen molar-refractivity contribution in [2.45, 2.75) is 44.6 Å². The first kappa shape index (κ1) is 12.4. The van der Waals surface area contributed by atoms with E-state index >= 15 is 0 Å². The molecule has 0 amide bonds. The maximum Gasteiger partial charge on any atom is 0.357 e. The van der Waals surface area contributed by atoms with Gasteiger partial charge in [-0.25, -0.2) is 9.78 Å². The Morgan fingerprint density at radius 1 is 1.47 bits per heavy atom. The largest absolute Gasteiger partial charge is 0.464 e. The highest BCUT2D eigenvalue weighted by Gasteiger charge is 2.27. The molecule has 94 valence electrons. The number of hydrogen-bond acceptors (Lipinski definition) is 5. The van der Waals surface area contributed by atoms with E-state index in [0.29, 0.717) is 5.69 Å². The summed E-state index contributed by atoms with van der Waals surface area (Å²) in [5, 5.41) is 6.01.